The van der Waals surface area contributed by atoms with Crippen LogP contribution in [-0.2, 0) is 21.0 Å². The number of aliphatic hydroxyl groups is 1. The van der Waals surface area contributed by atoms with Crippen LogP contribution in [0.3, 0.4) is 0 Å². The normalized spacial score (nSPS) is 16.2. The molecule has 0 aromatic heterocycles. The van der Waals surface area contributed by atoms with Gasteiger partial charge >= 0.3 is 0 Å². The Labute approximate surface area is 251 Å². The molecule has 1 saturated heterocycles. The topological polar surface area (TPSA) is 100 Å². The summed E-state index contributed by atoms with van der Waals surface area (Å²) in [7, 11) is 1.61. The van der Waals surface area contributed by atoms with Gasteiger partial charge in [-0.25, -0.2) is 0 Å². The van der Waals surface area contributed by atoms with Crippen molar-refractivity contribution in [1.82, 2.24) is 10.2 Å². The van der Waals surface area contributed by atoms with Crippen molar-refractivity contribution in [3.8, 4) is 5.75 Å². The summed E-state index contributed by atoms with van der Waals surface area (Å²) in [6.45, 7) is 0.401. The molecule has 1 aliphatic rings. The molecule has 0 aliphatic carbocycles. The molecule has 4 aromatic carbocycles. The molecule has 1 fully saturated rings. The number of nitrogens with one attached hydrogen (secondary N) is 1. The van der Waals surface area contributed by atoms with Gasteiger partial charge in [-0.3, -0.25) is 9.59 Å². The Morgan fingerprint density at radius 2 is 1.42 bits per heavy atom. The predicted octanol–water partition coefficient (Wildman–Crippen LogP) is 4.85. The van der Waals surface area contributed by atoms with Crippen LogP contribution in [0.5, 0.6) is 5.75 Å². The lowest BCUT2D eigenvalue weighted by Crippen LogP contribution is -2.48. The highest BCUT2D eigenvalue weighted by Crippen LogP contribution is 2.30. The first-order valence-corrected chi connectivity index (χ1v) is 14.2. The van der Waals surface area contributed by atoms with Crippen LogP contribution in [0.15, 0.2) is 120 Å². The van der Waals surface area contributed by atoms with Crippen molar-refractivity contribution in [2.45, 2.75) is 31.1 Å². The molecule has 4 aromatic rings. The molecule has 1 aliphatic heterocycles. The van der Waals surface area contributed by atoms with Crippen molar-refractivity contribution in [3.63, 3.8) is 0 Å². The molecular formula is C35H35N3O5. The summed E-state index contributed by atoms with van der Waals surface area (Å²) in [5.74, 6) is -0.421. The average Bonchev–Trinajstić information content (AvgIpc) is 3.50. The monoisotopic (exact) mass is 577 g/mol. The van der Waals surface area contributed by atoms with Gasteiger partial charge in [-0.1, -0.05) is 108 Å². The van der Waals surface area contributed by atoms with Gasteiger partial charge in [-0.15, -0.1) is 0 Å². The fourth-order valence-corrected chi connectivity index (χ4v) is 5.20. The molecule has 0 saturated carbocycles. The van der Waals surface area contributed by atoms with Crippen LogP contribution < -0.4 is 10.1 Å². The van der Waals surface area contributed by atoms with E-state index in [1.165, 1.54) is 0 Å². The zero-order valence-electron chi connectivity index (χ0n) is 24.0. The first-order valence-electron chi connectivity index (χ1n) is 14.2. The van der Waals surface area contributed by atoms with E-state index in [0.717, 1.165) is 22.4 Å². The van der Waals surface area contributed by atoms with Crippen molar-refractivity contribution >= 4 is 17.5 Å². The number of likely N-dealkylation sites (tertiary alicyclic amines) is 1. The molecule has 5 rings (SSSR count). The van der Waals surface area contributed by atoms with E-state index in [9.17, 15) is 14.7 Å². The summed E-state index contributed by atoms with van der Waals surface area (Å²) < 4.78 is 5.21. The molecule has 2 N–H and O–H groups in total. The number of nitrogens with zero attached hydrogens (tertiary/aromatic N) is 2. The maximum atomic E-state index is 14.3. The Morgan fingerprint density at radius 1 is 0.860 bits per heavy atom. The molecule has 43 heavy (non-hydrogen) atoms. The first kappa shape index (κ1) is 29.5. The molecule has 0 spiro atoms. The van der Waals surface area contributed by atoms with Gasteiger partial charge in [0.05, 0.1) is 31.4 Å². The van der Waals surface area contributed by atoms with Gasteiger partial charge in [0.25, 0.3) is 0 Å². The van der Waals surface area contributed by atoms with Gasteiger partial charge in [-0.2, -0.15) is 0 Å². The van der Waals surface area contributed by atoms with Crippen LogP contribution in [0.1, 0.15) is 40.7 Å². The first-order chi connectivity index (χ1) is 21.0. The number of carbonyl (C=O) groups is 2. The second-order valence-electron chi connectivity index (χ2n) is 10.4. The zero-order valence-corrected chi connectivity index (χ0v) is 24.0. The van der Waals surface area contributed by atoms with Gasteiger partial charge < -0.3 is 24.9 Å². The Kier molecular flexibility index (Phi) is 9.82. The minimum Gasteiger partial charge on any atom is -0.497 e. The number of rotatable bonds is 11. The largest absolute Gasteiger partial charge is 0.497 e. The van der Waals surface area contributed by atoms with Gasteiger partial charge in [0.2, 0.25) is 11.8 Å². The van der Waals surface area contributed by atoms with Crippen molar-refractivity contribution in [2.24, 2.45) is 5.16 Å². The molecule has 2 unspecified atom stereocenters. The van der Waals surface area contributed by atoms with Gasteiger partial charge in [0.15, 0.2) is 0 Å². The van der Waals surface area contributed by atoms with E-state index in [4.69, 9.17) is 9.57 Å². The van der Waals surface area contributed by atoms with E-state index in [2.05, 4.69) is 10.5 Å². The van der Waals surface area contributed by atoms with Crippen LogP contribution in [0, 0.1) is 0 Å². The highest BCUT2D eigenvalue weighted by atomic mass is 16.6. The third kappa shape index (κ3) is 7.47. The maximum Gasteiger partial charge on any atom is 0.243 e. The smallest absolute Gasteiger partial charge is 0.243 e. The SMILES string of the molecule is COc1ccc(CO/N=C2/CC(C(=O)NCC(O)c3ccccc3)N(C(=O)C(c3ccccc3)c3ccccc3)C2)cc1. The van der Waals surface area contributed by atoms with Crippen molar-refractivity contribution in [2.75, 3.05) is 20.2 Å². The average molecular weight is 578 g/mol. The Balaban J connectivity index is 1.37. The lowest BCUT2D eigenvalue weighted by atomic mass is 9.90. The molecule has 8 heteroatoms. The summed E-state index contributed by atoms with van der Waals surface area (Å²) in [6.07, 6.45) is -0.657. The van der Waals surface area contributed by atoms with E-state index in [1.807, 2.05) is 103 Å². The van der Waals surface area contributed by atoms with Crippen molar-refractivity contribution in [3.05, 3.63) is 138 Å². The third-order valence-electron chi connectivity index (χ3n) is 7.49. The number of amides is 2. The molecule has 220 valence electrons. The Bertz CT molecular complexity index is 1470. The molecule has 0 bridgehead atoms. The van der Waals surface area contributed by atoms with E-state index in [-0.39, 0.29) is 37.9 Å². The Hall–Kier alpha value is -4.95. The molecule has 2 atom stereocenters. The molecule has 2 amide bonds. The molecule has 8 nitrogen and oxygen atoms in total. The van der Waals surface area contributed by atoms with E-state index < -0.39 is 18.1 Å². The van der Waals surface area contributed by atoms with Crippen LogP contribution in [0.4, 0.5) is 0 Å². The number of hydrogen-bond donors (Lipinski definition) is 2. The van der Waals surface area contributed by atoms with E-state index >= 15 is 0 Å². The second kappa shape index (κ2) is 14.3. The van der Waals surface area contributed by atoms with Crippen molar-refractivity contribution < 1.29 is 24.3 Å². The van der Waals surface area contributed by atoms with Crippen LogP contribution >= 0.6 is 0 Å². The molecular weight excluding hydrogens is 542 g/mol. The number of aliphatic hydroxyl groups excluding tert-OH is 1. The number of methoxy groups -OCH3 is 1. The van der Waals surface area contributed by atoms with Crippen LogP contribution in [0.2, 0.25) is 0 Å². The number of benzene rings is 4. The summed E-state index contributed by atoms with van der Waals surface area (Å²) >= 11 is 0. The summed E-state index contributed by atoms with van der Waals surface area (Å²) in [5.41, 5.74) is 3.86. The molecule has 0 radical (unpaired) electrons. The van der Waals surface area contributed by atoms with Gasteiger partial charge in [-0.05, 0) is 34.4 Å². The Morgan fingerprint density at radius 3 is 1.98 bits per heavy atom. The van der Waals surface area contributed by atoms with E-state index in [1.54, 1.807) is 24.1 Å². The predicted molar refractivity (Wildman–Crippen MR) is 164 cm³/mol. The van der Waals surface area contributed by atoms with Crippen LogP contribution in [-0.4, -0.2) is 53.8 Å². The summed E-state index contributed by atoms with van der Waals surface area (Å²) in [4.78, 5) is 35.1. The van der Waals surface area contributed by atoms with Crippen molar-refractivity contribution in [1.29, 1.82) is 0 Å². The zero-order chi connectivity index (χ0) is 30.0. The quantitative estimate of drug-likeness (QED) is 0.248. The number of hydrogen-bond acceptors (Lipinski definition) is 6. The second-order valence-corrected chi connectivity index (χ2v) is 10.4. The van der Waals surface area contributed by atoms with Gasteiger partial charge in [0, 0.05) is 13.0 Å². The third-order valence-corrected chi connectivity index (χ3v) is 7.49. The fraction of sp³-hybridized carbons (Fsp3) is 0.229. The highest BCUT2D eigenvalue weighted by Gasteiger charge is 2.41. The van der Waals surface area contributed by atoms with Gasteiger partial charge in [0.1, 0.15) is 18.4 Å². The summed E-state index contributed by atoms with van der Waals surface area (Å²) in [5, 5.41) is 17.8. The van der Waals surface area contributed by atoms with Crippen LogP contribution in [0.25, 0.3) is 0 Å². The highest BCUT2D eigenvalue weighted by molar-refractivity contribution is 6.02. The molecule has 1 heterocycles. The minimum absolute atomic E-state index is 0.0165. The number of ether oxygens (including phenoxy) is 1. The lowest BCUT2D eigenvalue weighted by molar-refractivity contribution is -0.139. The number of oxime groups is 1. The lowest BCUT2D eigenvalue weighted by Gasteiger charge is -2.28. The summed E-state index contributed by atoms with van der Waals surface area (Å²) in [6, 6.07) is 34.9. The van der Waals surface area contributed by atoms with E-state index in [0.29, 0.717) is 11.3 Å². The maximum absolute atomic E-state index is 14.3. The number of carbonyl (C=O) groups excluding carboxylic acids is 2. The minimum atomic E-state index is -0.877. The standard InChI is InChI=1S/C35H35N3O5/c1-42-30-19-17-25(18-20-30)24-43-37-29-21-31(34(40)36-22-32(39)26-11-5-2-6-12-26)38(23-29)35(41)33(27-13-7-3-8-14-27)28-15-9-4-10-16-28/h2-20,31-33,39H,21-24H2,1H3,(H,36,40)/b37-29-. The fourth-order valence-electron chi connectivity index (χ4n) is 5.20.